The fourth-order valence-electron chi connectivity index (χ4n) is 1.91. The van der Waals surface area contributed by atoms with Gasteiger partial charge in [-0.15, -0.1) is 0 Å². The highest BCUT2D eigenvalue weighted by molar-refractivity contribution is 6.30. The lowest BCUT2D eigenvalue weighted by molar-refractivity contribution is 0.844. The van der Waals surface area contributed by atoms with Gasteiger partial charge in [0, 0.05) is 16.4 Å². The number of hydrogen-bond acceptors (Lipinski definition) is 2. The van der Waals surface area contributed by atoms with Gasteiger partial charge in [-0.2, -0.15) is 0 Å². The summed E-state index contributed by atoms with van der Waals surface area (Å²) >= 11 is 5.97. The highest BCUT2D eigenvalue weighted by Crippen LogP contribution is 2.23. The van der Waals surface area contributed by atoms with Gasteiger partial charge in [0.25, 0.3) is 0 Å². The molecule has 0 bridgehead atoms. The number of pyridine rings is 1. The Hall–Kier alpha value is -1.38. The summed E-state index contributed by atoms with van der Waals surface area (Å²) in [4.78, 5) is 4.43. The Bertz CT molecular complexity index is 537. The standard InChI is InChI=1S/C14H15ClN2/c1-9-6-7-13(10(2)17-9)14(16)11-4-3-5-12(15)8-11/h3-8,14H,16H2,1-2H3. The summed E-state index contributed by atoms with van der Waals surface area (Å²) in [5, 5.41) is 0.704. The molecule has 0 radical (unpaired) electrons. The quantitative estimate of drug-likeness (QED) is 0.882. The van der Waals surface area contributed by atoms with E-state index in [4.69, 9.17) is 17.3 Å². The number of aromatic nitrogens is 1. The maximum Gasteiger partial charge on any atom is 0.0570 e. The monoisotopic (exact) mass is 246 g/mol. The van der Waals surface area contributed by atoms with Gasteiger partial charge >= 0.3 is 0 Å². The zero-order valence-corrected chi connectivity index (χ0v) is 10.7. The molecule has 88 valence electrons. The van der Waals surface area contributed by atoms with Crippen LogP contribution in [0.15, 0.2) is 36.4 Å². The van der Waals surface area contributed by atoms with Crippen LogP contribution in [-0.4, -0.2) is 4.98 Å². The fraction of sp³-hybridized carbons (Fsp3) is 0.214. The first-order valence-corrected chi connectivity index (χ1v) is 5.91. The number of benzene rings is 1. The Labute approximate surface area is 106 Å². The molecular weight excluding hydrogens is 232 g/mol. The van der Waals surface area contributed by atoms with Crippen LogP contribution >= 0.6 is 11.6 Å². The smallest absolute Gasteiger partial charge is 0.0570 e. The van der Waals surface area contributed by atoms with E-state index >= 15 is 0 Å². The maximum atomic E-state index is 6.24. The molecule has 0 saturated carbocycles. The molecule has 2 nitrogen and oxygen atoms in total. The van der Waals surface area contributed by atoms with Gasteiger partial charge in [-0.1, -0.05) is 29.8 Å². The van der Waals surface area contributed by atoms with Gasteiger partial charge in [0.2, 0.25) is 0 Å². The Morgan fingerprint density at radius 3 is 2.59 bits per heavy atom. The van der Waals surface area contributed by atoms with E-state index in [-0.39, 0.29) is 6.04 Å². The molecule has 0 saturated heterocycles. The Balaban J connectivity index is 2.40. The van der Waals surface area contributed by atoms with E-state index in [1.165, 1.54) is 0 Å². The molecule has 0 amide bonds. The minimum absolute atomic E-state index is 0.179. The third-order valence-corrected chi connectivity index (χ3v) is 3.04. The summed E-state index contributed by atoms with van der Waals surface area (Å²) in [6, 6.07) is 11.5. The maximum absolute atomic E-state index is 6.24. The molecule has 17 heavy (non-hydrogen) atoms. The molecule has 2 N–H and O–H groups in total. The molecule has 2 aromatic rings. The largest absolute Gasteiger partial charge is 0.320 e. The molecule has 3 heteroatoms. The van der Waals surface area contributed by atoms with Gasteiger partial charge in [0.05, 0.1) is 6.04 Å². The number of nitrogens with zero attached hydrogens (tertiary/aromatic N) is 1. The van der Waals surface area contributed by atoms with Crippen LogP contribution in [0.5, 0.6) is 0 Å². The lowest BCUT2D eigenvalue weighted by Gasteiger charge is -2.15. The molecule has 0 spiro atoms. The van der Waals surface area contributed by atoms with Crippen LogP contribution in [0, 0.1) is 13.8 Å². The summed E-state index contributed by atoms with van der Waals surface area (Å²) < 4.78 is 0. The average Bonchev–Trinajstić information content (AvgIpc) is 2.28. The molecule has 0 fully saturated rings. The first-order chi connectivity index (χ1) is 8.08. The topological polar surface area (TPSA) is 38.9 Å². The third kappa shape index (κ3) is 2.65. The van der Waals surface area contributed by atoms with Crippen molar-refractivity contribution in [3.8, 4) is 0 Å². The van der Waals surface area contributed by atoms with Crippen LogP contribution in [-0.2, 0) is 0 Å². The van der Waals surface area contributed by atoms with Crippen LogP contribution in [0.4, 0.5) is 0 Å². The van der Waals surface area contributed by atoms with Gasteiger partial charge in [0.15, 0.2) is 0 Å². The number of nitrogens with two attached hydrogens (primary N) is 1. The van der Waals surface area contributed by atoms with Crippen molar-refractivity contribution in [2.45, 2.75) is 19.9 Å². The Morgan fingerprint density at radius 2 is 1.94 bits per heavy atom. The normalized spacial score (nSPS) is 12.5. The van der Waals surface area contributed by atoms with Crippen molar-refractivity contribution in [2.75, 3.05) is 0 Å². The van der Waals surface area contributed by atoms with Gasteiger partial charge in [0.1, 0.15) is 0 Å². The predicted molar refractivity (Wildman–Crippen MR) is 71.2 cm³/mol. The summed E-state index contributed by atoms with van der Waals surface area (Å²) in [5.74, 6) is 0. The number of rotatable bonds is 2. The molecule has 0 aliphatic heterocycles. The summed E-state index contributed by atoms with van der Waals surface area (Å²) in [6.45, 7) is 3.95. The van der Waals surface area contributed by atoms with Crippen LogP contribution in [0.2, 0.25) is 5.02 Å². The third-order valence-electron chi connectivity index (χ3n) is 2.81. The predicted octanol–water partition coefficient (Wildman–Crippen LogP) is 3.40. The molecule has 1 aromatic carbocycles. The Morgan fingerprint density at radius 1 is 1.18 bits per heavy atom. The van der Waals surface area contributed by atoms with E-state index in [9.17, 15) is 0 Å². The zero-order valence-electron chi connectivity index (χ0n) is 9.94. The average molecular weight is 247 g/mol. The SMILES string of the molecule is Cc1ccc(C(N)c2cccc(Cl)c2)c(C)n1. The molecule has 0 aliphatic carbocycles. The van der Waals surface area contributed by atoms with E-state index in [2.05, 4.69) is 4.98 Å². The molecule has 1 heterocycles. The minimum Gasteiger partial charge on any atom is -0.320 e. The van der Waals surface area contributed by atoms with E-state index in [0.717, 1.165) is 22.5 Å². The molecule has 0 aliphatic rings. The molecule has 1 atom stereocenters. The van der Waals surface area contributed by atoms with E-state index in [1.54, 1.807) is 0 Å². The second kappa shape index (κ2) is 4.86. The van der Waals surface area contributed by atoms with Gasteiger partial charge < -0.3 is 5.73 Å². The lowest BCUT2D eigenvalue weighted by atomic mass is 9.98. The van der Waals surface area contributed by atoms with Gasteiger partial charge in [-0.25, -0.2) is 0 Å². The summed E-state index contributed by atoms with van der Waals surface area (Å²) in [5.41, 5.74) is 10.3. The minimum atomic E-state index is -0.179. The zero-order chi connectivity index (χ0) is 12.4. The van der Waals surface area contributed by atoms with Crippen LogP contribution < -0.4 is 5.73 Å². The number of aryl methyl sites for hydroxylation is 2. The van der Waals surface area contributed by atoms with E-state index in [0.29, 0.717) is 5.02 Å². The van der Waals surface area contributed by atoms with Crippen LogP contribution in [0.25, 0.3) is 0 Å². The highest BCUT2D eigenvalue weighted by atomic mass is 35.5. The fourth-order valence-corrected chi connectivity index (χ4v) is 2.10. The molecular formula is C14H15ClN2. The summed E-state index contributed by atoms with van der Waals surface area (Å²) in [7, 11) is 0. The van der Waals surface area contributed by atoms with Gasteiger partial charge in [-0.3, -0.25) is 4.98 Å². The molecule has 1 unspecified atom stereocenters. The highest BCUT2D eigenvalue weighted by Gasteiger charge is 2.12. The molecule has 2 rings (SSSR count). The van der Waals surface area contributed by atoms with Crippen molar-refractivity contribution in [1.29, 1.82) is 0 Å². The first-order valence-electron chi connectivity index (χ1n) is 5.53. The van der Waals surface area contributed by atoms with Crippen molar-refractivity contribution in [3.63, 3.8) is 0 Å². The second-order valence-electron chi connectivity index (χ2n) is 4.16. The van der Waals surface area contributed by atoms with Gasteiger partial charge in [-0.05, 0) is 43.2 Å². The van der Waals surface area contributed by atoms with Crippen molar-refractivity contribution in [1.82, 2.24) is 4.98 Å². The first kappa shape index (κ1) is 12.1. The van der Waals surface area contributed by atoms with Crippen LogP contribution in [0.3, 0.4) is 0 Å². The van der Waals surface area contributed by atoms with Crippen molar-refractivity contribution in [3.05, 3.63) is 63.9 Å². The van der Waals surface area contributed by atoms with E-state index in [1.807, 2.05) is 50.2 Å². The Kier molecular flexibility index (Phi) is 3.46. The van der Waals surface area contributed by atoms with Crippen molar-refractivity contribution >= 4 is 11.6 Å². The lowest BCUT2D eigenvalue weighted by Crippen LogP contribution is -2.14. The van der Waals surface area contributed by atoms with Crippen LogP contribution in [0.1, 0.15) is 28.6 Å². The number of halogens is 1. The second-order valence-corrected chi connectivity index (χ2v) is 4.60. The van der Waals surface area contributed by atoms with Crippen molar-refractivity contribution < 1.29 is 0 Å². The van der Waals surface area contributed by atoms with Crippen molar-refractivity contribution in [2.24, 2.45) is 5.73 Å². The molecule has 1 aromatic heterocycles. The summed E-state index contributed by atoms with van der Waals surface area (Å²) in [6.07, 6.45) is 0. The number of hydrogen-bond donors (Lipinski definition) is 1. The van der Waals surface area contributed by atoms with E-state index < -0.39 is 0 Å².